The summed E-state index contributed by atoms with van der Waals surface area (Å²) >= 11 is 0. The monoisotopic (exact) mass is 266 g/mol. The Hall–Kier alpha value is -2.11. The number of carbonyl (C=O) groups is 1. The maximum Gasteiger partial charge on any atom is 0.328 e. The van der Waals surface area contributed by atoms with E-state index in [-0.39, 0.29) is 13.2 Å². The minimum atomic E-state index is -0.614. The van der Waals surface area contributed by atoms with E-state index in [2.05, 4.69) is 4.98 Å². The first kappa shape index (κ1) is 14.9. The molecule has 1 aromatic heterocycles. The molecule has 0 bridgehead atoms. The van der Waals surface area contributed by atoms with Crippen LogP contribution in [0.4, 0.5) is 0 Å². The highest BCUT2D eigenvalue weighted by Gasteiger charge is 2.07. The zero-order valence-electron chi connectivity index (χ0n) is 11.4. The number of rotatable bonds is 5. The number of aromatic nitrogens is 2. The lowest BCUT2D eigenvalue weighted by atomic mass is 10.3. The summed E-state index contributed by atoms with van der Waals surface area (Å²) in [7, 11) is 0. The maximum absolute atomic E-state index is 11.5. The number of carbonyl (C=O) groups excluding carboxylic acids is 1. The highest BCUT2D eigenvalue weighted by Crippen LogP contribution is 1.94. The summed E-state index contributed by atoms with van der Waals surface area (Å²) in [5, 5.41) is 0. The number of nitrogens with zero attached hydrogens (tertiary/aromatic N) is 1. The van der Waals surface area contributed by atoms with Crippen LogP contribution < -0.4 is 11.2 Å². The van der Waals surface area contributed by atoms with Gasteiger partial charge in [0, 0.05) is 11.8 Å². The van der Waals surface area contributed by atoms with Gasteiger partial charge >= 0.3 is 11.7 Å². The average molecular weight is 266 g/mol. The summed E-state index contributed by atoms with van der Waals surface area (Å²) < 4.78 is 6.11. The molecule has 1 heterocycles. The van der Waals surface area contributed by atoms with E-state index in [1.54, 1.807) is 6.92 Å². The molecular formula is C13H18N2O4. The van der Waals surface area contributed by atoms with Crippen LogP contribution in [0, 0.1) is 6.92 Å². The van der Waals surface area contributed by atoms with Gasteiger partial charge in [0.15, 0.2) is 0 Å². The van der Waals surface area contributed by atoms with E-state index in [0.29, 0.717) is 12.0 Å². The van der Waals surface area contributed by atoms with Gasteiger partial charge in [0.25, 0.3) is 5.56 Å². The zero-order chi connectivity index (χ0) is 14.4. The van der Waals surface area contributed by atoms with Gasteiger partial charge in [-0.3, -0.25) is 19.1 Å². The van der Waals surface area contributed by atoms with Crippen LogP contribution in [0.3, 0.4) is 0 Å². The van der Waals surface area contributed by atoms with Crippen molar-refractivity contribution in [1.82, 2.24) is 9.55 Å². The van der Waals surface area contributed by atoms with Crippen molar-refractivity contribution in [2.75, 3.05) is 6.61 Å². The highest BCUT2D eigenvalue weighted by atomic mass is 16.5. The molecule has 0 radical (unpaired) electrons. The van der Waals surface area contributed by atoms with Gasteiger partial charge in [-0.25, -0.2) is 4.79 Å². The Morgan fingerprint density at radius 1 is 1.42 bits per heavy atom. The van der Waals surface area contributed by atoms with Crippen LogP contribution >= 0.6 is 0 Å². The second-order valence-corrected chi connectivity index (χ2v) is 4.49. The Kier molecular flexibility index (Phi) is 5.29. The number of hydrogen-bond acceptors (Lipinski definition) is 4. The summed E-state index contributed by atoms with van der Waals surface area (Å²) in [6.45, 7) is 5.57. The number of esters is 1. The molecule has 0 spiro atoms. The number of aromatic amines is 1. The van der Waals surface area contributed by atoms with Crippen molar-refractivity contribution in [1.29, 1.82) is 0 Å². The average Bonchev–Trinajstić information content (AvgIpc) is 2.31. The number of ether oxygens (including phenoxy) is 1. The van der Waals surface area contributed by atoms with E-state index < -0.39 is 17.2 Å². The van der Waals surface area contributed by atoms with E-state index in [4.69, 9.17) is 4.74 Å². The van der Waals surface area contributed by atoms with Crippen LogP contribution in [0.5, 0.6) is 0 Å². The lowest BCUT2D eigenvalue weighted by Gasteiger charge is -2.06. The summed E-state index contributed by atoms with van der Waals surface area (Å²) in [4.78, 5) is 36.2. The van der Waals surface area contributed by atoms with Gasteiger partial charge in [0.2, 0.25) is 0 Å². The van der Waals surface area contributed by atoms with Crippen LogP contribution in [0.25, 0.3) is 0 Å². The van der Waals surface area contributed by atoms with Crippen LogP contribution in [0.2, 0.25) is 0 Å². The van der Waals surface area contributed by atoms with E-state index in [1.807, 2.05) is 19.9 Å². The summed E-state index contributed by atoms with van der Waals surface area (Å²) in [5.41, 5.74) is 0.468. The molecule has 0 amide bonds. The van der Waals surface area contributed by atoms with E-state index >= 15 is 0 Å². The number of H-pyrrole nitrogens is 1. The Morgan fingerprint density at radius 2 is 2.11 bits per heavy atom. The van der Waals surface area contributed by atoms with Gasteiger partial charge in [0.1, 0.15) is 6.54 Å². The first-order valence-corrected chi connectivity index (χ1v) is 5.99. The summed E-state index contributed by atoms with van der Waals surface area (Å²) in [5.74, 6) is -0.504. The molecule has 1 N–H and O–H groups in total. The molecule has 0 saturated carbocycles. The number of nitrogens with one attached hydrogen (secondary N) is 1. The van der Waals surface area contributed by atoms with Crippen molar-refractivity contribution < 1.29 is 9.53 Å². The minimum Gasteiger partial charge on any atom is -0.464 e. The van der Waals surface area contributed by atoms with Gasteiger partial charge in [-0.2, -0.15) is 0 Å². The van der Waals surface area contributed by atoms with Crippen LogP contribution in [0.1, 0.15) is 25.8 Å². The van der Waals surface area contributed by atoms with E-state index in [0.717, 1.165) is 10.1 Å². The molecule has 0 unspecified atom stereocenters. The van der Waals surface area contributed by atoms with Crippen molar-refractivity contribution in [2.24, 2.45) is 0 Å². The molecule has 0 aliphatic heterocycles. The standard InChI is InChI=1S/C13H18N2O4/c1-9(2)5-4-6-19-11(16)8-15-7-10(3)12(17)14-13(15)18/h5,7H,4,6,8H2,1-3H3,(H,14,17,18). The van der Waals surface area contributed by atoms with Crippen molar-refractivity contribution in [3.63, 3.8) is 0 Å². The number of allylic oxidation sites excluding steroid dienone is 1. The quantitative estimate of drug-likeness (QED) is 0.484. The van der Waals surface area contributed by atoms with Crippen LogP contribution in [0.15, 0.2) is 27.4 Å². The smallest absolute Gasteiger partial charge is 0.328 e. The fourth-order valence-corrected chi connectivity index (χ4v) is 1.44. The molecule has 6 nitrogen and oxygen atoms in total. The molecule has 0 aliphatic rings. The van der Waals surface area contributed by atoms with Crippen LogP contribution in [-0.2, 0) is 16.1 Å². The SMILES string of the molecule is CC(C)=CCCOC(=O)Cn1cc(C)c(=O)[nH]c1=O. The number of hydrogen-bond donors (Lipinski definition) is 1. The molecular weight excluding hydrogens is 248 g/mol. The minimum absolute atomic E-state index is 0.203. The fourth-order valence-electron chi connectivity index (χ4n) is 1.44. The van der Waals surface area contributed by atoms with Crippen molar-refractivity contribution in [3.05, 3.63) is 44.2 Å². The normalized spacial score (nSPS) is 10.1. The molecule has 0 saturated heterocycles. The predicted octanol–water partition coefficient (Wildman–Crippen LogP) is 0.745. The second kappa shape index (κ2) is 6.72. The Bertz CT molecular complexity index is 591. The van der Waals surface area contributed by atoms with Gasteiger partial charge < -0.3 is 4.74 Å². The van der Waals surface area contributed by atoms with E-state index in [9.17, 15) is 14.4 Å². The van der Waals surface area contributed by atoms with E-state index in [1.165, 1.54) is 6.20 Å². The van der Waals surface area contributed by atoms with Crippen molar-refractivity contribution in [2.45, 2.75) is 33.7 Å². The fraction of sp³-hybridized carbons (Fsp3) is 0.462. The van der Waals surface area contributed by atoms with Gasteiger partial charge in [-0.05, 0) is 27.2 Å². The number of aryl methyl sites for hydroxylation is 1. The van der Waals surface area contributed by atoms with Crippen LogP contribution in [-0.4, -0.2) is 22.1 Å². The third kappa shape index (κ3) is 4.95. The topological polar surface area (TPSA) is 81.2 Å². The molecule has 0 aromatic carbocycles. The second-order valence-electron chi connectivity index (χ2n) is 4.49. The molecule has 6 heteroatoms. The molecule has 104 valence electrons. The van der Waals surface area contributed by atoms with Crippen molar-refractivity contribution >= 4 is 5.97 Å². The summed E-state index contributed by atoms with van der Waals surface area (Å²) in [6.07, 6.45) is 3.95. The summed E-state index contributed by atoms with van der Waals surface area (Å²) in [6, 6.07) is 0. The zero-order valence-corrected chi connectivity index (χ0v) is 11.4. The molecule has 0 fully saturated rings. The van der Waals surface area contributed by atoms with Gasteiger partial charge in [0.05, 0.1) is 6.61 Å². The van der Waals surface area contributed by atoms with Gasteiger partial charge in [-0.1, -0.05) is 11.6 Å². The first-order valence-electron chi connectivity index (χ1n) is 5.99. The molecule has 1 rings (SSSR count). The molecule has 1 aromatic rings. The Balaban J connectivity index is 2.58. The third-order valence-electron chi connectivity index (χ3n) is 2.42. The lowest BCUT2D eigenvalue weighted by Crippen LogP contribution is -2.33. The largest absolute Gasteiger partial charge is 0.464 e. The lowest BCUT2D eigenvalue weighted by molar-refractivity contribution is -0.144. The molecule has 19 heavy (non-hydrogen) atoms. The molecule has 0 atom stereocenters. The molecule has 0 aliphatic carbocycles. The predicted molar refractivity (Wildman–Crippen MR) is 71.1 cm³/mol. The Morgan fingerprint density at radius 3 is 2.74 bits per heavy atom. The third-order valence-corrected chi connectivity index (χ3v) is 2.42. The highest BCUT2D eigenvalue weighted by molar-refractivity contribution is 5.69. The van der Waals surface area contributed by atoms with Gasteiger partial charge in [-0.15, -0.1) is 0 Å². The maximum atomic E-state index is 11.5. The first-order chi connectivity index (χ1) is 8.90. The van der Waals surface area contributed by atoms with Crippen molar-refractivity contribution in [3.8, 4) is 0 Å². The Labute approximate surface area is 110 Å².